The second-order valence-electron chi connectivity index (χ2n) is 3.72. The van der Waals surface area contributed by atoms with E-state index in [0.717, 1.165) is 4.47 Å². The lowest BCUT2D eigenvalue weighted by Crippen LogP contribution is -2.30. The smallest absolute Gasteiger partial charge is 0.323 e. The zero-order valence-electron chi connectivity index (χ0n) is 8.09. The van der Waals surface area contributed by atoms with Gasteiger partial charge in [0, 0.05) is 10.5 Å². The zero-order chi connectivity index (χ0) is 11.2. The van der Waals surface area contributed by atoms with Crippen LogP contribution >= 0.6 is 28.3 Å². The van der Waals surface area contributed by atoms with Crippen LogP contribution in [0.3, 0.4) is 0 Å². The lowest BCUT2D eigenvalue weighted by Gasteiger charge is -2.19. The molecule has 6 heteroatoms. The third kappa shape index (κ3) is 2.36. The van der Waals surface area contributed by atoms with Crippen LogP contribution in [0.5, 0.6) is 0 Å². The molecule has 16 heavy (non-hydrogen) atoms. The topological polar surface area (TPSA) is 26.0 Å². The Hall–Kier alpha value is -0.260. The molecule has 0 spiro atoms. The third-order valence-electron chi connectivity index (χ3n) is 2.76. The van der Waals surface area contributed by atoms with Gasteiger partial charge >= 0.3 is 6.18 Å². The van der Waals surface area contributed by atoms with Crippen molar-refractivity contribution in [3.8, 4) is 0 Å². The normalized spacial score (nSPS) is 23.8. The molecule has 90 valence electrons. The first-order valence-corrected chi connectivity index (χ1v) is 5.29. The molecule has 0 saturated carbocycles. The number of rotatable bonds is 0. The minimum absolute atomic E-state index is 0. The van der Waals surface area contributed by atoms with Gasteiger partial charge < -0.3 is 5.73 Å². The van der Waals surface area contributed by atoms with Crippen molar-refractivity contribution in [2.24, 2.45) is 11.7 Å². The SMILES string of the molecule is Cl.N[C@H]1c2ccc(Br)cc2C[C@@H]1C(F)(F)F. The summed E-state index contributed by atoms with van der Waals surface area (Å²) in [4.78, 5) is 0. The van der Waals surface area contributed by atoms with E-state index in [1.165, 1.54) is 0 Å². The second-order valence-corrected chi connectivity index (χ2v) is 4.64. The highest BCUT2D eigenvalue weighted by atomic mass is 79.9. The fraction of sp³-hybridized carbons (Fsp3) is 0.400. The molecule has 0 bridgehead atoms. The number of fused-ring (bicyclic) bond motifs is 1. The highest BCUT2D eigenvalue weighted by Gasteiger charge is 2.47. The summed E-state index contributed by atoms with van der Waals surface area (Å²) in [6.07, 6.45) is -4.23. The van der Waals surface area contributed by atoms with Gasteiger partial charge in [0.15, 0.2) is 0 Å². The van der Waals surface area contributed by atoms with Gasteiger partial charge in [0.05, 0.1) is 5.92 Å². The van der Waals surface area contributed by atoms with Crippen molar-refractivity contribution in [2.45, 2.75) is 18.6 Å². The van der Waals surface area contributed by atoms with Crippen molar-refractivity contribution < 1.29 is 13.2 Å². The molecule has 0 amide bonds. The second kappa shape index (κ2) is 4.55. The van der Waals surface area contributed by atoms with Crippen molar-refractivity contribution in [3.05, 3.63) is 33.8 Å². The quantitative estimate of drug-likeness (QED) is 0.777. The molecule has 1 aliphatic carbocycles. The first-order valence-electron chi connectivity index (χ1n) is 4.50. The predicted octanol–water partition coefficient (Wildman–Crippen LogP) is 3.61. The molecule has 0 radical (unpaired) electrons. The van der Waals surface area contributed by atoms with Crippen molar-refractivity contribution in [3.63, 3.8) is 0 Å². The molecule has 2 rings (SSSR count). The number of benzene rings is 1. The number of alkyl halides is 3. The van der Waals surface area contributed by atoms with Gasteiger partial charge in [-0.05, 0) is 29.7 Å². The Kier molecular flexibility index (Phi) is 3.92. The summed E-state index contributed by atoms with van der Waals surface area (Å²) in [5, 5.41) is 0. The van der Waals surface area contributed by atoms with Crippen LogP contribution in [0.15, 0.2) is 22.7 Å². The third-order valence-corrected chi connectivity index (χ3v) is 3.25. The van der Waals surface area contributed by atoms with Crippen LogP contribution < -0.4 is 5.73 Å². The first-order chi connectivity index (χ1) is 6.89. The fourth-order valence-electron chi connectivity index (χ4n) is 1.98. The Morgan fingerprint density at radius 1 is 1.31 bits per heavy atom. The highest BCUT2D eigenvalue weighted by Crippen LogP contribution is 2.44. The zero-order valence-corrected chi connectivity index (χ0v) is 10.5. The van der Waals surface area contributed by atoms with E-state index in [1.807, 2.05) is 0 Å². The highest BCUT2D eigenvalue weighted by molar-refractivity contribution is 9.10. The standard InChI is InChI=1S/C10H9BrF3N.ClH/c11-6-1-2-7-5(3-6)4-8(9(7)15)10(12,13)14;/h1-3,8-9H,4,15H2;1H/t8-,9-;/m0./s1. The molecule has 0 heterocycles. The van der Waals surface area contributed by atoms with E-state index in [1.54, 1.807) is 18.2 Å². The monoisotopic (exact) mass is 315 g/mol. The average Bonchev–Trinajstić information content (AvgIpc) is 2.42. The van der Waals surface area contributed by atoms with E-state index in [4.69, 9.17) is 5.73 Å². The lowest BCUT2D eigenvalue weighted by molar-refractivity contribution is -0.177. The molecule has 0 aliphatic heterocycles. The summed E-state index contributed by atoms with van der Waals surface area (Å²) >= 11 is 3.23. The molecule has 2 N–H and O–H groups in total. The van der Waals surface area contributed by atoms with Gasteiger partial charge in [-0.25, -0.2) is 0 Å². The largest absolute Gasteiger partial charge is 0.393 e. The van der Waals surface area contributed by atoms with Crippen molar-refractivity contribution in [1.82, 2.24) is 0 Å². The van der Waals surface area contributed by atoms with E-state index in [-0.39, 0.29) is 18.8 Å². The molecule has 0 fully saturated rings. The number of hydrogen-bond donors (Lipinski definition) is 1. The summed E-state index contributed by atoms with van der Waals surface area (Å²) in [5.74, 6) is -1.44. The van der Waals surface area contributed by atoms with Crippen molar-refractivity contribution in [1.29, 1.82) is 0 Å². The minimum atomic E-state index is -4.22. The van der Waals surface area contributed by atoms with Gasteiger partial charge in [0.25, 0.3) is 0 Å². The predicted molar refractivity (Wildman–Crippen MR) is 61.6 cm³/mol. The van der Waals surface area contributed by atoms with Crippen LogP contribution in [0.1, 0.15) is 17.2 Å². The lowest BCUT2D eigenvalue weighted by atomic mass is 10.0. The van der Waals surface area contributed by atoms with Gasteiger partial charge in [-0.15, -0.1) is 12.4 Å². The Morgan fingerprint density at radius 2 is 1.94 bits per heavy atom. The summed E-state index contributed by atoms with van der Waals surface area (Å²) in [6, 6.07) is 4.17. The Balaban J connectivity index is 0.00000128. The van der Waals surface area contributed by atoms with Crippen LogP contribution in [0.25, 0.3) is 0 Å². The molecular formula is C10H10BrClF3N. The maximum absolute atomic E-state index is 12.6. The molecule has 0 saturated heterocycles. The van der Waals surface area contributed by atoms with Crippen LogP contribution in [-0.4, -0.2) is 6.18 Å². The fourth-order valence-corrected chi connectivity index (χ4v) is 2.38. The Bertz CT molecular complexity index is 394. The summed E-state index contributed by atoms with van der Waals surface area (Å²) in [5.41, 5.74) is 6.90. The summed E-state index contributed by atoms with van der Waals surface area (Å²) < 4.78 is 38.5. The molecule has 1 aromatic rings. The number of hydrogen-bond acceptors (Lipinski definition) is 1. The number of nitrogens with two attached hydrogens (primary N) is 1. The molecular weight excluding hydrogens is 306 g/mol. The molecule has 0 aromatic heterocycles. The van der Waals surface area contributed by atoms with Crippen LogP contribution in [0, 0.1) is 5.92 Å². The maximum Gasteiger partial charge on any atom is 0.393 e. The summed E-state index contributed by atoms with van der Waals surface area (Å²) in [6.45, 7) is 0. The van der Waals surface area contributed by atoms with E-state index in [9.17, 15) is 13.2 Å². The molecule has 1 aliphatic rings. The van der Waals surface area contributed by atoms with E-state index in [0.29, 0.717) is 11.1 Å². The number of halogens is 5. The molecule has 0 unspecified atom stereocenters. The molecule has 1 nitrogen and oxygen atoms in total. The van der Waals surface area contributed by atoms with E-state index < -0.39 is 18.1 Å². The Labute approximate surface area is 106 Å². The van der Waals surface area contributed by atoms with E-state index >= 15 is 0 Å². The van der Waals surface area contributed by atoms with Gasteiger partial charge in [-0.2, -0.15) is 13.2 Å². The maximum atomic E-state index is 12.6. The van der Waals surface area contributed by atoms with Gasteiger partial charge in [-0.3, -0.25) is 0 Å². The average molecular weight is 317 g/mol. The van der Waals surface area contributed by atoms with Gasteiger partial charge in [0.1, 0.15) is 0 Å². The van der Waals surface area contributed by atoms with E-state index in [2.05, 4.69) is 15.9 Å². The molecule has 1 aromatic carbocycles. The van der Waals surface area contributed by atoms with Crippen LogP contribution in [0.4, 0.5) is 13.2 Å². The van der Waals surface area contributed by atoms with Gasteiger partial charge in [-0.1, -0.05) is 22.0 Å². The van der Waals surface area contributed by atoms with Gasteiger partial charge in [0.2, 0.25) is 0 Å². The first kappa shape index (κ1) is 13.8. The van der Waals surface area contributed by atoms with Crippen molar-refractivity contribution in [2.75, 3.05) is 0 Å². The van der Waals surface area contributed by atoms with Crippen LogP contribution in [-0.2, 0) is 6.42 Å². The Morgan fingerprint density at radius 3 is 2.50 bits per heavy atom. The van der Waals surface area contributed by atoms with Crippen LogP contribution in [0.2, 0.25) is 0 Å². The minimum Gasteiger partial charge on any atom is -0.323 e. The summed E-state index contributed by atoms with van der Waals surface area (Å²) in [7, 11) is 0. The molecule has 2 atom stereocenters. The van der Waals surface area contributed by atoms with Crippen molar-refractivity contribution >= 4 is 28.3 Å².